The molecule has 0 aliphatic rings. The van der Waals surface area contributed by atoms with Gasteiger partial charge in [0.15, 0.2) is 5.65 Å². The number of aromatic hydroxyl groups is 1. The van der Waals surface area contributed by atoms with Gasteiger partial charge in [-0.1, -0.05) is 23.4 Å². The summed E-state index contributed by atoms with van der Waals surface area (Å²) in [5, 5.41) is 12.7. The Balaban J connectivity index is 1.68. The lowest BCUT2D eigenvalue weighted by Crippen LogP contribution is -2.14. The average Bonchev–Trinajstić information content (AvgIpc) is 2.97. The van der Waals surface area contributed by atoms with E-state index in [1.54, 1.807) is 6.07 Å². The number of nitrogens with two attached hydrogens (primary N) is 1. The number of nitrogens with one attached hydrogen (secondary N) is 2. The third-order valence-corrected chi connectivity index (χ3v) is 4.12. The van der Waals surface area contributed by atoms with E-state index in [9.17, 15) is 9.90 Å². The molecule has 0 aliphatic heterocycles. The average molecular weight is 351 g/mol. The van der Waals surface area contributed by atoms with Crippen molar-refractivity contribution < 1.29 is 9.90 Å². The number of anilines is 2. The number of thioether (sulfide) groups is 1. The van der Waals surface area contributed by atoms with Crippen molar-refractivity contribution >= 4 is 52.1 Å². The summed E-state index contributed by atoms with van der Waals surface area (Å²) in [5.74, 6) is -0.0835. The van der Waals surface area contributed by atoms with Crippen LogP contribution in [0.15, 0.2) is 29.6 Å². The second kappa shape index (κ2) is 6.31. The maximum atomic E-state index is 12.0. The fourth-order valence-electron chi connectivity index (χ4n) is 1.84. The molecule has 118 valence electrons. The van der Waals surface area contributed by atoms with Crippen LogP contribution in [-0.4, -0.2) is 36.7 Å². The molecule has 2 aromatic heterocycles. The maximum absolute atomic E-state index is 12.0. The lowest BCUT2D eigenvalue weighted by Gasteiger charge is -2.06. The van der Waals surface area contributed by atoms with Gasteiger partial charge >= 0.3 is 0 Å². The Bertz CT molecular complexity index is 884. The highest BCUT2D eigenvalue weighted by Gasteiger charge is 2.12. The number of H-pyrrole nitrogens is 1. The standard InChI is InChI=1S/C13H11ClN6O2S/c14-7-3-6(1-2-8(7)21)18-9(22)4-23-12-10-11(17-5-16-10)19-13(15)20-12/h1-3,5,21H,4H2,(H,18,22)(H3,15,16,17,19,20). The van der Waals surface area contributed by atoms with Crippen molar-refractivity contribution in [3.8, 4) is 5.75 Å². The molecule has 0 bridgehead atoms. The fourth-order valence-corrected chi connectivity index (χ4v) is 2.82. The predicted octanol–water partition coefficient (Wildman–Crippen LogP) is 2.02. The molecule has 1 amide bonds. The van der Waals surface area contributed by atoms with Crippen LogP contribution in [0.4, 0.5) is 11.6 Å². The van der Waals surface area contributed by atoms with Crippen molar-refractivity contribution in [2.45, 2.75) is 5.03 Å². The second-order valence-corrected chi connectivity index (χ2v) is 5.86. The second-order valence-electron chi connectivity index (χ2n) is 4.49. The van der Waals surface area contributed by atoms with Crippen molar-refractivity contribution in [2.75, 3.05) is 16.8 Å². The highest BCUT2D eigenvalue weighted by atomic mass is 35.5. The van der Waals surface area contributed by atoms with Crippen LogP contribution in [-0.2, 0) is 4.79 Å². The van der Waals surface area contributed by atoms with Gasteiger partial charge in [0.05, 0.1) is 17.1 Å². The zero-order chi connectivity index (χ0) is 16.4. The zero-order valence-corrected chi connectivity index (χ0v) is 13.1. The number of phenols is 1. The Labute approximate surface area is 139 Å². The first-order valence-electron chi connectivity index (χ1n) is 6.40. The van der Waals surface area contributed by atoms with E-state index >= 15 is 0 Å². The number of nitrogens with zero attached hydrogens (tertiary/aromatic N) is 3. The van der Waals surface area contributed by atoms with Crippen LogP contribution in [0.25, 0.3) is 11.2 Å². The number of rotatable bonds is 4. The van der Waals surface area contributed by atoms with Crippen LogP contribution in [0.1, 0.15) is 0 Å². The first kappa shape index (κ1) is 15.4. The first-order valence-corrected chi connectivity index (χ1v) is 7.77. The normalized spacial score (nSPS) is 10.8. The molecular formula is C13H11ClN6O2S. The highest BCUT2D eigenvalue weighted by Crippen LogP contribution is 2.27. The fraction of sp³-hybridized carbons (Fsp3) is 0.0769. The summed E-state index contributed by atoms with van der Waals surface area (Å²) < 4.78 is 0. The number of amides is 1. The molecule has 0 spiro atoms. The van der Waals surface area contributed by atoms with Gasteiger partial charge in [-0.2, -0.15) is 4.98 Å². The molecule has 0 unspecified atom stereocenters. The number of hydrogen-bond acceptors (Lipinski definition) is 7. The van der Waals surface area contributed by atoms with Gasteiger partial charge in [0.1, 0.15) is 16.3 Å². The number of imidazole rings is 1. The summed E-state index contributed by atoms with van der Waals surface area (Å²) >= 11 is 7.00. The van der Waals surface area contributed by atoms with E-state index < -0.39 is 0 Å². The minimum absolute atomic E-state index is 0.0443. The minimum atomic E-state index is -0.249. The molecule has 2 heterocycles. The Morgan fingerprint density at radius 3 is 3.04 bits per heavy atom. The number of phenolic OH excluding ortho intramolecular Hbond substituents is 1. The Hall–Kier alpha value is -2.52. The molecule has 0 saturated carbocycles. The summed E-state index contributed by atoms with van der Waals surface area (Å²) in [6.07, 6.45) is 1.49. The Morgan fingerprint density at radius 1 is 1.43 bits per heavy atom. The summed E-state index contributed by atoms with van der Waals surface area (Å²) in [5.41, 5.74) is 7.19. The smallest absolute Gasteiger partial charge is 0.234 e. The number of fused-ring (bicyclic) bond motifs is 1. The number of hydrogen-bond donors (Lipinski definition) is 4. The van der Waals surface area contributed by atoms with Crippen molar-refractivity contribution in [1.82, 2.24) is 19.9 Å². The highest BCUT2D eigenvalue weighted by molar-refractivity contribution is 8.00. The van der Waals surface area contributed by atoms with E-state index in [2.05, 4.69) is 25.3 Å². The minimum Gasteiger partial charge on any atom is -0.506 e. The number of nitrogen functional groups attached to an aromatic ring is 1. The summed E-state index contributed by atoms with van der Waals surface area (Å²) in [7, 11) is 0. The molecule has 0 saturated heterocycles. The van der Waals surface area contributed by atoms with E-state index in [0.29, 0.717) is 21.9 Å². The molecule has 23 heavy (non-hydrogen) atoms. The van der Waals surface area contributed by atoms with E-state index in [0.717, 1.165) is 0 Å². The van der Waals surface area contributed by atoms with E-state index in [1.165, 1.54) is 30.2 Å². The molecule has 0 radical (unpaired) electrons. The van der Waals surface area contributed by atoms with E-state index in [-0.39, 0.29) is 28.4 Å². The van der Waals surface area contributed by atoms with E-state index in [4.69, 9.17) is 17.3 Å². The van der Waals surface area contributed by atoms with Gasteiger partial charge in [0.2, 0.25) is 11.9 Å². The quantitative estimate of drug-likeness (QED) is 0.321. The predicted molar refractivity (Wildman–Crippen MR) is 88.6 cm³/mol. The van der Waals surface area contributed by atoms with Crippen LogP contribution in [0.2, 0.25) is 5.02 Å². The van der Waals surface area contributed by atoms with Gasteiger partial charge in [0.25, 0.3) is 0 Å². The van der Waals surface area contributed by atoms with Gasteiger partial charge in [-0.3, -0.25) is 4.79 Å². The molecule has 1 aromatic carbocycles. The number of benzene rings is 1. The number of carbonyl (C=O) groups excluding carboxylic acids is 1. The molecule has 10 heteroatoms. The molecule has 5 N–H and O–H groups in total. The van der Waals surface area contributed by atoms with Crippen LogP contribution < -0.4 is 11.1 Å². The lowest BCUT2D eigenvalue weighted by molar-refractivity contribution is -0.113. The van der Waals surface area contributed by atoms with Crippen molar-refractivity contribution in [3.63, 3.8) is 0 Å². The Morgan fingerprint density at radius 2 is 2.26 bits per heavy atom. The number of aromatic amines is 1. The number of halogens is 1. The van der Waals surface area contributed by atoms with Gasteiger partial charge in [-0.25, -0.2) is 9.97 Å². The van der Waals surface area contributed by atoms with Crippen LogP contribution in [0.3, 0.4) is 0 Å². The third-order valence-electron chi connectivity index (χ3n) is 2.84. The summed E-state index contributed by atoms with van der Waals surface area (Å²) in [6.45, 7) is 0. The number of carbonyl (C=O) groups is 1. The van der Waals surface area contributed by atoms with Gasteiger partial charge in [0, 0.05) is 5.69 Å². The van der Waals surface area contributed by atoms with Crippen LogP contribution in [0.5, 0.6) is 5.75 Å². The number of aromatic nitrogens is 4. The molecule has 3 aromatic rings. The maximum Gasteiger partial charge on any atom is 0.234 e. The third kappa shape index (κ3) is 3.46. The van der Waals surface area contributed by atoms with Crippen molar-refractivity contribution in [2.24, 2.45) is 0 Å². The first-order chi connectivity index (χ1) is 11.0. The van der Waals surface area contributed by atoms with Crippen molar-refractivity contribution in [3.05, 3.63) is 29.5 Å². The van der Waals surface area contributed by atoms with Crippen LogP contribution in [0, 0.1) is 0 Å². The molecular weight excluding hydrogens is 340 g/mol. The van der Waals surface area contributed by atoms with Crippen LogP contribution >= 0.6 is 23.4 Å². The molecule has 0 aliphatic carbocycles. The van der Waals surface area contributed by atoms with E-state index in [1.807, 2.05) is 0 Å². The molecule has 8 nitrogen and oxygen atoms in total. The lowest BCUT2D eigenvalue weighted by atomic mass is 10.3. The topological polar surface area (TPSA) is 130 Å². The largest absolute Gasteiger partial charge is 0.506 e. The molecule has 3 rings (SSSR count). The van der Waals surface area contributed by atoms with Gasteiger partial charge < -0.3 is 21.1 Å². The zero-order valence-electron chi connectivity index (χ0n) is 11.6. The molecule has 0 fully saturated rings. The monoisotopic (exact) mass is 350 g/mol. The van der Waals surface area contributed by atoms with Crippen molar-refractivity contribution in [1.29, 1.82) is 0 Å². The Kier molecular flexibility index (Phi) is 4.22. The SMILES string of the molecule is Nc1nc(SCC(=O)Nc2ccc(O)c(Cl)c2)c2[nH]cnc2n1. The van der Waals surface area contributed by atoms with Gasteiger partial charge in [-0.15, -0.1) is 0 Å². The van der Waals surface area contributed by atoms with Gasteiger partial charge in [-0.05, 0) is 18.2 Å². The summed E-state index contributed by atoms with van der Waals surface area (Å²) in [4.78, 5) is 27.0. The molecule has 0 atom stereocenters. The summed E-state index contributed by atoms with van der Waals surface area (Å²) in [6, 6.07) is 4.43.